The molecule has 27 heavy (non-hydrogen) atoms. The van der Waals surface area contributed by atoms with E-state index in [1.807, 2.05) is 0 Å². The fourth-order valence-electron chi connectivity index (χ4n) is 4.75. The van der Waals surface area contributed by atoms with Crippen LogP contribution in [-0.2, 0) is 11.3 Å². The fraction of sp³-hybridized carbons (Fsp3) is 0.650. The summed E-state index contributed by atoms with van der Waals surface area (Å²) in [5.41, 5.74) is 1.63. The van der Waals surface area contributed by atoms with Crippen molar-refractivity contribution < 1.29 is 9.53 Å². The number of likely N-dealkylation sites (tertiary alicyclic amines) is 1. The molecule has 2 fully saturated rings. The van der Waals surface area contributed by atoms with Gasteiger partial charge < -0.3 is 4.74 Å². The molecule has 1 saturated carbocycles. The molecule has 0 amide bonds. The summed E-state index contributed by atoms with van der Waals surface area (Å²) < 4.78 is 6.37. The van der Waals surface area contributed by atoms with Crippen molar-refractivity contribution in [2.45, 2.75) is 58.4 Å². The molecule has 0 aromatic carbocycles. The first-order valence-electron chi connectivity index (χ1n) is 10.1. The molecular weight excluding hydrogens is 344 g/mol. The van der Waals surface area contributed by atoms with E-state index in [1.165, 1.54) is 55.7 Å². The first-order chi connectivity index (χ1) is 13.1. The molecule has 4 rings (SSSR count). The van der Waals surface area contributed by atoms with Crippen molar-refractivity contribution in [2.75, 3.05) is 19.7 Å². The normalized spacial score (nSPS) is 20.2. The predicted molar refractivity (Wildman–Crippen MR) is 102 cm³/mol. The summed E-state index contributed by atoms with van der Waals surface area (Å²) in [6, 6.07) is 1.57. The van der Waals surface area contributed by atoms with Crippen LogP contribution in [0.3, 0.4) is 0 Å². The first-order valence-corrected chi connectivity index (χ1v) is 10.1. The van der Waals surface area contributed by atoms with Crippen molar-refractivity contribution in [2.24, 2.45) is 5.41 Å². The maximum absolute atomic E-state index is 12.4. The molecule has 2 aromatic heterocycles. The minimum atomic E-state index is -0.459. The Morgan fingerprint density at radius 3 is 2.78 bits per heavy atom. The quantitative estimate of drug-likeness (QED) is 0.835. The van der Waals surface area contributed by atoms with Crippen LogP contribution >= 0.6 is 0 Å². The smallest absolute Gasteiger partial charge is 0.343 e. The number of aromatic amines is 1. The van der Waals surface area contributed by atoms with E-state index in [4.69, 9.17) is 4.74 Å². The molecule has 7 nitrogen and oxygen atoms in total. The molecule has 0 atom stereocenters. The Morgan fingerprint density at radius 1 is 1.26 bits per heavy atom. The topological polar surface area (TPSA) is 79.7 Å². The second-order valence-electron chi connectivity index (χ2n) is 8.03. The van der Waals surface area contributed by atoms with Crippen molar-refractivity contribution >= 4 is 11.6 Å². The lowest BCUT2D eigenvalue weighted by molar-refractivity contribution is 0.0528. The summed E-state index contributed by atoms with van der Waals surface area (Å²) >= 11 is 0. The van der Waals surface area contributed by atoms with Gasteiger partial charge in [-0.15, -0.1) is 0 Å². The minimum absolute atomic E-state index is 0.200. The zero-order chi connectivity index (χ0) is 18.9. The van der Waals surface area contributed by atoms with Crippen molar-refractivity contribution in [3.05, 3.63) is 33.9 Å². The molecule has 0 bridgehead atoms. The van der Waals surface area contributed by atoms with E-state index in [9.17, 15) is 9.59 Å². The number of hydrogen-bond donors (Lipinski definition) is 1. The maximum Gasteiger partial charge on any atom is 0.343 e. The van der Waals surface area contributed by atoms with Gasteiger partial charge in [0.15, 0.2) is 5.65 Å². The molecular formula is C20H28N4O3. The summed E-state index contributed by atoms with van der Waals surface area (Å²) in [5, 5.41) is 2.80. The van der Waals surface area contributed by atoms with Crippen molar-refractivity contribution in [1.82, 2.24) is 19.5 Å². The third-order valence-electron chi connectivity index (χ3n) is 6.11. The van der Waals surface area contributed by atoms with Gasteiger partial charge in [-0.05, 0) is 38.1 Å². The maximum atomic E-state index is 12.4. The van der Waals surface area contributed by atoms with Crippen LogP contribution in [0.25, 0.3) is 5.65 Å². The number of fused-ring (bicyclic) bond motifs is 1. The Morgan fingerprint density at radius 2 is 2.04 bits per heavy atom. The molecule has 146 valence electrons. The molecule has 1 aliphatic carbocycles. The van der Waals surface area contributed by atoms with Crippen LogP contribution in [-0.4, -0.2) is 45.2 Å². The molecule has 1 spiro atoms. The summed E-state index contributed by atoms with van der Waals surface area (Å²) in [7, 11) is 0. The average molecular weight is 372 g/mol. The van der Waals surface area contributed by atoms with E-state index in [-0.39, 0.29) is 12.2 Å². The molecule has 0 unspecified atom stereocenters. The number of H-pyrrole nitrogens is 1. The van der Waals surface area contributed by atoms with E-state index < -0.39 is 5.97 Å². The van der Waals surface area contributed by atoms with Crippen LogP contribution in [0.15, 0.2) is 17.1 Å². The zero-order valence-corrected chi connectivity index (χ0v) is 16.0. The van der Waals surface area contributed by atoms with Gasteiger partial charge in [0.05, 0.1) is 12.3 Å². The first kappa shape index (κ1) is 18.2. The highest BCUT2D eigenvalue weighted by atomic mass is 16.5. The number of carbonyl (C=O) groups excluding carboxylic acids is 1. The van der Waals surface area contributed by atoms with E-state index in [1.54, 1.807) is 13.0 Å². The van der Waals surface area contributed by atoms with Crippen LogP contribution in [0.5, 0.6) is 0 Å². The summed E-state index contributed by atoms with van der Waals surface area (Å²) in [6.07, 6.45) is 10.8. The number of esters is 1. The summed E-state index contributed by atoms with van der Waals surface area (Å²) in [4.78, 5) is 31.6. The molecule has 2 aromatic rings. The van der Waals surface area contributed by atoms with Gasteiger partial charge in [0.2, 0.25) is 0 Å². The van der Waals surface area contributed by atoms with Crippen molar-refractivity contribution in [3.8, 4) is 0 Å². The van der Waals surface area contributed by atoms with Crippen molar-refractivity contribution in [3.63, 3.8) is 0 Å². The highest BCUT2D eigenvalue weighted by Crippen LogP contribution is 2.42. The standard InChI is InChI=1S/C20H28N4O3/c1-2-27-19(26)16-12-21-24-17(25)11-15(22-18(16)24)13-23-10-9-20(14-23)7-5-3-4-6-8-20/h11-12,21H,2-10,13-14H2,1H3. The predicted octanol–water partition coefficient (Wildman–Crippen LogP) is 2.75. The molecule has 1 saturated heterocycles. The molecule has 1 N–H and O–H groups in total. The summed E-state index contributed by atoms with van der Waals surface area (Å²) in [6.45, 7) is 4.84. The van der Waals surface area contributed by atoms with Gasteiger partial charge in [-0.1, -0.05) is 25.7 Å². The van der Waals surface area contributed by atoms with Crippen LogP contribution in [0.1, 0.15) is 67.9 Å². The largest absolute Gasteiger partial charge is 0.462 e. The van der Waals surface area contributed by atoms with Gasteiger partial charge in [-0.2, -0.15) is 0 Å². The SMILES string of the molecule is CCOC(=O)c1c[nH]n2c(=O)cc(CN3CCC4(CCCCCC4)C3)nc12. The highest BCUT2D eigenvalue weighted by molar-refractivity contribution is 5.95. The number of carbonyl (C=O) groups is 1. The number of nitrogens with zero attached hydrogens (tertiary/aromatic N) is 3. The Hall–Kier alpha value is -2.15. The molecule has 1 aliphatic heterocycles. The Bertz CT molecular complexity index is 877. The van der Waals surface area contributed by atoms with Crippen molar-refractivity contribution in [1.29, 1.82) is 0 Å². The zero-order valence-electron chi connectivity index (χ0n) is 16.0. The number of ether oxygens (including phenoxy) is 1. The van der Waals surface area contributed by atoms with E-state index in [0.29, 0.717) is 23.2 Å². The third kappa shape index (κ3) is 3.65. The summed E-state index contributed by atoms with van der Waals surface area (Å²) in [5.74, 6) is -0.459. The van der Waals surface area contributed by atoms with Crippen LogP contribution in [0.2, 0.25) is 0 Å². The van der Waals surface area contributed by atoms with Gasteiger partial charge in [0.1, 0.15) is 5.56 Å². The highest BCUT2D eigenvalue weighted by Gasteiger charge is 2.38. The molecule has 2 aliphatic rings. The van der Waals surface area contributed by atoms with Gasteiger partial charge in [0, 0.05) is 25.4 Å². The number of hydrogen-bond acceptors (Lipinski definition) is 5. The minimum Gasteiger partial charge on any atom is -0.462 e. The Kier molecular flexibility index (Phi) is 5.04. The van der Waals surface area contributed by atoms with E-state index in [2.05, 4.69) is 15.0 Å². The Balaban J connectivity index is 1.55. The lowest BCUT2D eigenvalue weighted by Crippen LogP contribution is -2.28. The van der Waals surface area contributed by atoms with Crippen LogP contribution < -0.4 is 5.56 Å². The number of nitrogens with one attached hydrogen (secondary N) is 1. The number of rotatable bonds is 4. The lowest BCUT2D eigenvalue weighted by Gasteiger charge is -2.27. The second-order valence-corrected chi connectivity index (χ2v) is 8.03. The van der Waals surface area contributed by atoms with Gasteiger partial charge in [0.25, 0.3) is 5.56 Å². The van der Waals surface area contributed by atoms with Crippen LogP contribution in [0.4, 0.5) is 0 Å². The van der Waals surface area contributed by atoms with Gasteiger partial charge in [-0.3, -0.25) is 14.8 Å². The fourth-order valence-corrected chi connectivity index (χ4v) is 4.75. The molecule has 3 heterocycles. The molecule has 7 heteroatoms. The number of aromatic nitrogens is 3. The van der Waals surface area contributed by atoms with Crippen LogP contribution in [0, 0.1) is 5.41 Å². The van der Waals surface area contributed by atoms with E-state index >= 15 is 0 Å². The Labute approximate surface area is 158 Å². The lowest BCUT2D eigenvalue weighted by atomic mass is 9.80. The third-order valence-corrected chi connectivity index (χ3v) is 6.11. The molecule has 0 radical (unpaired) electrons. The van der Waals surface area contributed by atoms with E-state index in [0.717, 1.165) is 18.8 Å². The monoisotopic (exact) mass is 372 g/mol. The average Bonchev–Trinajstić information content (AvgIpc) is 3.15. The van der Waals surface area contributed by atoms with Gasteiger partial charge >= 0.3 is 5.97 Å². The second kappa shape index (κ2) is 7.46. The van der Waals surface area contributed by atoms with Gasteiger partial charge in [-0.25, -0.2) is 14.3 Å².